The molecule has 1 atom stereocenters. The molecule has 0 unspecified atom stereocenters. The van der Waals surface area contributed by atoms with Gasteiger partial charge in [-0.2, -0.15) is 0 Å². The highest BCUT2D eigenvalue weighted by Gasteiger charge is 2.24. The van der Waals surface area contributed by atoms with Crippen LogP contribution in [0.25, 0.3) is 0 Å². The zero-order valence-corrected chi connectivity index (χ0v) is 10.6. The fourth-order valence-corrected chi connectivity index (χ4v) is 2.33. The number of carbonyl (C=O) groups excluding carboxylic acids is 1. The minimum absolute atomic E-state index is 0.177. The smallest absolute Gasteiger partial charge is 0.254 e. The molecule has 0 spiro atoms. The van der Waals surface area contributed by atoms with Gasteiger partial charge in [-0.05, 0) is 25.0 Å². The Kier molecular flexibility index (Phi) is 3.79. The summed E-state index contributed by atoms with van der Waals surface area (Å²) in [4.78, 5) is 14.5. The molecule has 1 aliphatic rings. The minimum atomic E-state index is 0.177. The van der Waals surface area contributed by atoms with Gasteiger partial charge in [0.25, 0.3) is 5.91 Å². The second-order valence-corrected chi connectivity index (χ2v) is 4.56. The van der Waals surface area contributed by atoms with Crippen LogP contribution < -0.4 is 5.32 Å². The van der Waals surface area contributed by atoms with E-state index in [4.69, 9.17) is 0 Å². The second kappa shape index (κ2) is 5.32. The summed E-state index contributed by atoms with van der Waals surface area (Å²) in [5.41, 5.74) is 2.01. The molecular formula is C14H20N2O. The molecular weight excluding hydrogens is 212 g/mol. The van der Waals surface area contributed by atoms with Gasteiger partial charge in [0.2, 0.25) is 0 Å². The first-order chi connectivity index (χ1) is 8.24. The van der Waals surface area contributed by atoms with Crippen LogP contribution in [0, 0.1) is 0 Å². The number of hydrogen-bond donors (Lipinski definition) is 1. The van der Waals surface area contributed by atoms with E-state index < -0.39 is 0 Å². The molecule has 1 aromatic rings. The van der Waals surface area contributed by atoms with E-state index in [1.54, 1.807) is 0 Å². The Hall–Kier alpha value is -1.35. The third-order valence-corrected chi connectivity index (χ3v) is 3.39. The number of rotatable bonds is 2. The lowest BCUT2D eigenvalue weighted by molar-refractivity contribution is 0.0654. The SMILES string of the molecule is CCc1ccccc1C(=O)N1CCNC[C@@H]1C. The number of hydrogen-bond acceptors (Lipinski definition) is 2. The topological polar surface area (TPSA) is 32.3 Å². The van der Waals surface area contributed by atoms with Crippen LogP contribution in [0.1, 0.15) is 29.8 Å². The number of carbonyl (C=O) groups is 1. The molecule has 3 nitrogen and oxygen atoms in total. The molecule has 1 saturated heterocycles. The average molecular weight is 232 g/mol. The molecule has 1 aromatic carbocycles. The number of amides is 1. The van der Waals surface area contributed by atoms with Gasteiger partial charge >= 0.3 is 0 Å². The van der Waals surface area contributed by atoms with Crippen molar-refractivity contribution < 1.29 is 4.79 Å². The lowest BCUT2D eigenvalue weighted by atomic mass is 10.0. The second-order valence-electron chi connectivity index (χ2n) is 4.56. The van der Waals surface area contributed by atoms with E-state index in [0.29, 0.717) is 0 Å². The Morgan fingerprint density at radius 2 is 2.24 bits per heavy atom. The Labute approximate surface area is 103 Å². The van der Waals surface area contributed by atoms with Gasteiger partial charge in [0.05, 0.1) is 0 Å². The normalized spacial score (nSPS) is 20.4. The molecule has 1 heterocycles. The number of nitrogens with one attached hydrogen (secondary N) is 1. The summed E-state index contributed by atoms with van der Waals surface area (Å²) in [5.74, 6) is 0.177. The Morgan fingerprint density at radius 1 is 1.47 bits per heavy atom. The summed E-state index contributed by atoms with van der Waals surface area (Å²) in [6.45, 7) is 6.77. The molecule has 0 radical (unpaired) electrons. The number of nitrogens with zero attached hydrogens (tertiary/aromatic N) is 1. The maximum Gasteiger partial charge on any atom is 0.254 e. The van der Waals surface area contributed by atoms with Crippen molar-refractivity contribution in [1.82, 2.24) is 10.2 Å². The van der Waals surface area contributed by atoms with Crippen molar-refractivity contribution >= 4 is 5.91 Å². The molecule has 0 saturated carbocycles. The van der Waals surface area contributed by atoms with Crippen molar-refractivity contribution in [3.05, 3.63) is 35.4 Å². The van der Waals surface area contributed by atoms with E-state index in [1.807, 2.05) is 29.2 Å². The molecule has 17 heavy (non-hydrogen) atoms. The first-order valence-electron chi connectivity index (χ1n) is 6.33. The van der Waals surface area contributed by atoms with Gasteiger partial charge in [-0.25, -0.2) is 0 Å². The van der Waals surface area contributed by atoms with Crippen LogP contribution in [0.4, 0.5) is 0 Å². The van der Waals surface area contributed by atoms with Crippen molar-refractivity contribution in [1.29, 1.82) is 0 Å². The standard InChI is InChI=1S/C14H20N2O/c1-3-12-6-4-5-7-13(12)14(17)16-9-8-15-10-11(16)2/h4-7,11,15H,3,8-10H2,1-2H3/t11-/m0/s1. The molecule has 92 valence electrons. The fraction of sp³-hybridized carbons (Fsp3) is 0.500. The molecule has 2 rings (SSSR count). The molecule has 1 fully saturated rings. The van der Waals surface area contributed by atoms with Gasteiger partial charge in [0.1, 0.15) is 0 Å². The number of aryl methyl sites for hydroxylation is 1. The van der Waals surface area contributed by atoms with Crippen LogP contribution in [0.3, 0.4) is 0 Å². The van der Waals surface area contributed by atoms with Gasteiger partial charge in [-0.15, -0.1) is 0 Å². The maximum absolute atomic E-state index is 12.5. The third kappa shape index (κ3) is 2.50. The van der Waals surface area contributed by atoms with Gasteiger partial charge in [-0.3, -0.25) is 4.79 Å². The number of benzene rings is 1. The molecule has 0 bridgehead atoms. The van der Waals surface area contributed by atoms with Crippen molar-refractivity contribution in [2.24, 2.45) is 0 Å². The summed E-state index contributed by atoms with van der Waals surface area (Å²) in [6, 6.07) is 8.20. The van der Waals surface area contributed by atoms with E-state index >= 15 is 0 Å². The molecule has 0 aromatic heterocycles. The lowest BCUT2D eigenvalue weighted by Gasteiger charge is -2.34. The lowest BCUT2D eigenvalue weighted by Crippen LogP contribution is -2.52. The highest BCUT2D eigenvalue weighted by Crippen LogP contribution is 2.15. The number of piperazine rings is 1. The average Bonchev–Trinajstić information content (AvgIpc) is 2.38. The largest absolute Gasteiger partial charge is 0.333 e. The Balaban J connectivity index is 2.23. The van der Waals surface area contributed by atoms with Crippen LogP contribution in [0.5, 0.6) is 0 Å². The van der Waals surface area contributed by atoms with Gasteiger partial charge in [0.15, 0.2) is 0 Å². The zero-order chi connectivity index (χ0) is 12.3. The van der Waals surface area contributed by atoms with Gasteiger partial charge in [-0.1, -0.05) is 25.1 Å². The van der Waals surface area contributed by atoms with E-state index in [9.17, 15) is 4.79 Å². The Morgan fingerprint density at radius 3 is 2.94 bits per heavy atom. The molecule has 1 amide bonds. The zero-order valence-electron chi connectivity index (χ0n) is 10.6. The van der Waals surface area contributed by atoms with Gasteiger partial charge < -0.3 is 10.2 Å². The predicted octanol–water partition coefficient (Wildman–Crippen LogP) is 1.68. The van der Waals surface area contributed by atoms with Crippen molar-refractivity contribution in [3.8, 4) is 0 Å². The third-order valence-electron chi connectivity index (χ3n) is 3.39. The first kappa shape index (κ1) is 12.1. The Bertz CT molecular complexity index is 403. The van der Waals surface area contributed by atoms with Crippen LogP contribution >= 0.6 is 0 Å². The molecule has 1 aliphatic heterocycles. The summed E-state index contributed by atoms with van der Waals surface area (Å²) < 4.78 is 0. The van der Waals surface area contributed by atoms with E-state index in [2.05, 4.69) is 19.2 Å². The predicted molar refractivity (Wildman–Crippen MR) is 69.2 cm³/mol. The van der Waals surface area contributed by atoms with Crippen LogP contribution in [0.2, 0.25) is 0 Å². The highest BCUT2D eigenvalue weighted by atomic mass is 16.2. The monoisotopic (exact) mass is 232 g/mol. The van der Waals surface area contributed by atoms with E-state index in [-0.39, 0.29) is 11.9 Å². The van der Waals surface area contributed by atoms with Crippen molar-refractivity contribution in [2.45, 2.75) is 26.3 Å². The fourth-order valence-electron chi connectivity index (χ4n) is 2.33. The summed E-state index contributed by atoms with van der Waals surface area (Å²) in [6.07, 6.45) is 0.905. The first-order valence-corrected chi connectivity index (χ1v) is 6.33. The van der Waals surface area contributed by atoms with Crippen LogP contribution in [0.15, 0.2) is 24.3 Å². The molecule has 0 aliphatic carbocycles. The minimum Gasteiger partial charge on any atom is -0.333 e. The molecule has 1 N–H and O–H groups in total. The van der Waals surface area contributed by atoms with E-state index in [1.165, 1.54) is 0 Å². The van der Waals surface area contributed by atoms with Crippen molar-refractivity contribution in [3.63, 3.8) is 0 Å². The summed E-state index contributed by atoms with van der Waals surface area (Å²) in [7, 11) is 0. The maximum atomic E-state index is 12.5. The summed E-state index contributed by atoms with van der Waals surface area (Å²) >= 11 is 0. The van der Waals surface area contributed by atoms with Crippen LogP contribution in [-0.4, -0.2) is 36.5 Å². The van der Waals surface area contributed by atoms with Gasteiger partial charge in [0, 0.05) is 31.2 Å². The highest BCUT2D eigenvalue weighted by molar-refractivity contribution is 5.96. The summed E-state index contributed by atoms with van der Waals surface area (Å²) in [5, 5.41) is 3.31. The van der Waals surface area contributed by atoms with Crippen LogP contribution in [-0.2, 0) is 6.42 Å². The molecule has 3 heteroatoms. The van der Waals surface area contributed by atoms with E-state index in [0.717, 1.165) is 37.2 Å². The quantitative estimate of drug-likeness (QED) is 0.841. The van der Waals surface area contributed by atoms with Crippen molar-refractivity contribution in [2.75, 3.05) is 19.6 Å².